The molecule has 108 valence electrons. The molecule has 1 aromatic carbocycles. The van der Waals surface area contributed by atoms with Crippen molar-refractivity contribution in [2.45, 2.75) is 0 Å². The number of aromatic nitrogens is 1. The summed E-state index contributed by atoms with van der Waals surface area (Å²) in [5, 5.41) is 5.87. The molecule has 0 fully saturated rings. The Kier molecular flexibility index (Phi) is 3.53. The van der Waals surface area contributed by atoms with Crippen molar-refractivity contribution in [3.63, 3.8) is 0 Å². The molecule has 0 unspecified atom stereocenters. The summed E-state index contributed by atoms with van der Waals surface area (Å²) in [6.45, 7) is 0. The highest BCUT2D eigenvalue weighted by molar-refractivity contribution is 7.13. The minimum Gasteiger partial charge on any atom is -0.497 e. The van der Waals surface area contributed by atoms with Crippen molar-refractivity contribution in [1.29, 1.82) is 0 Å². The van der Waals surface area contributed by atoms with Gasteiger partial charge in [0.1, 0.15) is 11.5 Å². The molecule has 2 aromatic heterocycles. The molecule has 0 aliphatic rings. The van der Waals surface area contributed by atoms with E-state index in [1.165, 1.54) is 0 Å². The van der Waals surface area contributed by atoms with E-state index < -0.39 is 0 Å². The Morgan fingerprint density at radius 2 is 2.05 bits per heavy atom. The second-order valence-corrected chi connectivity index (χ2v) is 5.26. The minimum atomic E-state index is 0.359. The zero-order valence-electron chi connectivity index (χ0n) is 11.6. The second kappa shape index (κ2) is 5.49. The SMILES string of the molecule is COc1ccc(OC)c(-c2onc(N)c2-c2cccs2)c1. The molecule has 0 radical (unpaired) electrons. The van der Waals surface area contributed by atoms with Crippen LogP contribution in [0.1, 0.15) is 0 Å². The Morgan fingerprint density at radius 3 is 2.71 bits per heavy atom. The number of thiophene rings is 1. The number of hydrogen-bond acceptors (Lipinski definition) is 6. The topological polar surface area (TPSA) is 70.5 Å². The molecule has 0 spiro atoms. The zero-order valence-corrected chi connectivity index (χ0v) is 12.4. The maximum Gasteiger partial charge on any atom is 0.181 e. The Morgan fingerprint density at radius 1 is 1.19 bits per heavy atom. The first-order valence-corrected chi connectivity index (χ1v) is 7.14. The molecule has 0 saturated carbocycles. The predicted octanol–water partition coefficient (Wildman–Crippen LogP) is 3.67. The van der Waals surface area contributed by atoms with Gasteiger partial charge in [-0.15, -0.1) is 11.3 Å². The summed E-state index contributed by atoms with van der Waals surface area (Å²) in [6.07, 6.45) is 0. The van der Waals surface area contributed by atoms with Crippen LogP contribution in [0.15, 0.2) is 40.2 Å². The fraction of sp³-hybridized carbons (Fsp3) is 0.133. The number of nitrogens with two attached hydrogens (primary N) is 1. The highest BCUT2D eigenvalue weighted by Crippen LogP contribution is 2.43. The van der Waals surface area contributed by atoms with Crippen molar-refractivity contribution < 1.29 is 14.0 Å². The smallest absolute Gasteiger partial charge is 0.181 e. The van der Waals surface area contributed by atoms with Crippen LogP contribution in [0.4, 0.5) is 5.82 Å². The lowest BCUT2D eigenvalue weighted by Crippen LogP contribution is -1.91. The van der Waals surface area contributed by atoms with Gasteiger partial charge in [-0.2, -0.15) is 0 Å². The number of hydrogen-bond donors (Lipinski definition) is 1. The molecule has 2 N–H and O–H groups in total. The summed E-state index contributed by atoms with van der Waals surface area (Å²) in [7, 11) is 3.22. The van der Waals surface area contributed by atoms with Crippen molar-refractivity contribution in [2.75, 3.05) is 20.0 Å². The van der Waals surface area contributed by atoms with E-state index in [0.29, 0.717) is 23.1 Å². The van der Waals surface area contributed by atoms with E-state index >= 15 is 0 Å². The van der Waals surface area contributed by atoms with Crippen molar-refractivity contribution in [3.05, 3.63) is 35.7 Å². The van der Waals surface area contributed by atoms with Crippen LogP contribution < -0.4 is 15.2 Å². The van der Waals surface area contributed by atoms with Gasteiger partial charge >= 0.3 is 0 Å². The van der Waals surface area contributed by atoms with Crippen LogP contribution in [0.2, 0.25) is 0 Å². The zero-order chi connectivity index (χ0) is 14.8. The van der Waals surface area contributed by atoms with E-state index in [1.54, 1.807) is 25.6 Å². The summed E-state index contributed by atoms with van der Waals surface area (Å²) < 4.78 is 16.1. The van der Waals surface area contributed by atoms with Crippen molar-refractivity contribution in [1.82, 2.24) is 5.16 Å². The van der Waals surface area contributed by atoms with Crippen LogP contribution in [0.25, 0.3) is 21.8 Å². The maximum absolute atomic E-state index is 5.96. The number of rotatable bonds is 4. The van der Waals surface area contributed by atoms with Gasteiger partial charge in [0, 0.05) is 4.88 Å². The molecule has 0 aliphatic carbocycles. The fourth-order valence-corrected chi connectivity index (χ4v) is 2.91. The molecule has 0 bridgehead atoms. The Bertz CT molecular complexity index is 750. The van der Waals surface area contributed by atoms with Gasteiger partial charge in [-0.05, 0) is 29.6 Å². The molecule has 3 aromatic rings. The van der Waals surface area contributed by atoms with Crippen LogP contribution in [0.5, 0.6) is 11.5 Å². The molecule has 0 aliphatic heterocycles. The normalized spacial score (nSPS) is 10.6. The average molecular weight is 302 g/mol. The molecule has 2 heterocycles. The summed E-state index contributed by atoms with van der Waals surface area (Å²) in [5.41, 5.74) is 7.49. The third-order valence-electron chi connectivity index (χ3n) is 3.14. The van der Waals surface area contributed by atoms with Crippen LogP contribution >= 0.6 is 11.3 Å². The van der Waals surface area contributed by atoms with Crippen LogP contribution in [0, 0.1) is 0 Å². The van der Waals surface area contributed by atoms with Crippen molar-refractivity contribution >= 4 is 17.2 Å². The van der Waals surface area contributed by atoms with Gasteiger partial charge in [0.05, 0.1) is 25.3 Å². The first-order valence-electron chi connectivity index (χ1n) is 6.26. The van der Waals surface area contributed by atoms with Gasteiger partial charge < -0.3 is 19.7 Å². The summed E-state index contributed by atoms with van der Waals surface area (Å²) in [5.74, 6) is 2.31. The minimum absolute atomic E-state index is 0.359. The van der Waals surface area contributed by atoms with Gasteiger partial charge in [0.2, 0.25) is 0 Å². The van der Waals surface area contributed by atoms with Crippen LogP contribution in [0.3, 0.4) is 0 Å². The lowest BCUT2D eigenvalue weighted by Gasteiger charge is -2.09. The third-order valence-corrected chi connectivity index (χ3v) is 4.02. The number of benzene rings is 1. The Hall–Kier alpha value is -2.47. The van der Waals surface area contributed by atoms with Gasteiger partial charge in [-0.25, -0.2) is 0 Å². The van der Waals surface area contributed by atoms with Crippen molar-refractivity contribution in [2.24, 2.45) is 0 Å². The fourth-order valence-electron chi connectivity index (χ4n) is 2.14. The first-order chi connectivity index (χ1) is 10.2. The quantitative estimate of drug-likeness (QED) is 0.796. The molecule has 6 heteroatoms. The number of nitrogen functional groups attached to an aromatic ring is 1. The Balaban J connectivity index is 2.22. The summed E-state index contributed by atoms with van der Waals surface area (Å²) >= 11 is 1.57. The van der Waals surface area contributed by atoms with Gasteiger partial charge in [0.25, 0.3) is 0 Å². The monoisotopic (exact) mass is 302 g/mol. The molecule has 3 rings (SSSR count). The van der Waals surface area contributed by atoms with E-state index in [9.17, 15) is 0 Å². The number of nitrogens with zero attached hydrogens (tertiary/aromatic N) is 1. The number of methoxy groups -OCH3 is 2. The summed E-state index contributed by atoms with van der Waals surface area (Å²) in [6, 6.07) is 9.43. The highest BCUT2D eigenvalue weighted by atomic mass is 32.1. The maximum atomic E-state index is 5.96. The first kappa shape index (κ1) is 13.5. The Labute approximate surface area is 125 Å². The van der Waals surface area contributed by atoms with Gasteiger partial charge in [0.15, 0.2) is 11.6 Å². The van der Waals surface area contributed by atoms with E-state index in [4.69, 9.17) is 19.7 Å². The summed E-state index contributed by atoms with van der Waals surface area (Å²) in [4.78, 5) is 0.994. The predicted molar refractivity (Wildman–Crippen MR) is 82.8 cm³/mol. The van der Waals surface area contributed by atoms with E-state index in [0.717, 1.165) is 16.0 Å². The van der Waals surface area contributed by atoms with E-state index in [1.807, 2.05) is 35.7 Å². The molecular formula is C15H14N2O3S. The number of ether oxygens (including phenoxy) is 2. The highest BCUT2D eigenvalue weighted by Gasteiger charge is 2.21. The van der Waals surface area contributed by atoms with Gasteiger partial charge in [-0.3, -0.25) is 0 Å². The number of anilines is 1. The van der Waals surface area contributed by atoms with Crippen LogP contribution in [-0.2, 0) is 0 Å². The molecule has 0 atom stereocenters. The van der Waals surface area contributed by atoms with Gasteiger partial charge in [-0.1, -0.05) is 11.2 Å². The third kappa shape index (κ3) is 2.34. The van der Waals surface area contributed by atoms with Crippen LogP contribution in [-0.4, -0.2) is 19.4 Å². The average Bonchev–Trinajstić information content (AvgIpc) is 3.15. The molecule has 0 amide bonds. The second-order valence-electron chi connectivity index (χ2n) is 4.32. The standard InChI is InChI=1S/C15H14N2O3S/c1-18-9-5-6-11(19-2)10(8-9)14-13(15(16)17-20-14)12-4-3-7-21-12/h3-8H,1-2H3,(H2,16,17). The lowest BCUT2D eigenvalue weighted by atomic mass is 10.1. The van der Waals surface area contributed by atoms with E-state index in [-0.39, 0.29) is 0 Å². The largest absolute Gasteiger partial charge is 0.497 e. The molecule has 5 nitrogen and oxygen atoms in total. The van der Waals surface area contributed by atoms with E-state index in [2.05, 4.69) is 5.16 Å². The van der Waals surface area contributed by atoms with Crippen molar-refractivity contribution in [3.8, 4) is 33.3 Å². The molecular weight excluding hydrogens is 288 g/mol. The molecule has 0 saturated heterocycles. The lowest BCUT2D eigenvalue weighted by molar-refractivity contribution is 0.398. The molecule has 21 heavy (non-hydrogen) atoms.